The molecule has 0 amide bonds. The fourth-order valence-electron chi connectivity index (χ4n) is 3.93. The molecule has 2 heterocycles. The fourth-order valence-corrected chi connectivity index (χ4v) is 4.12. The van der Waals surface area contributed by atoms with Crippen LogP contribution in [-0.2, 0) is 4.79 Å². The van der Waals surface area contributed by atoms with Gasteiger partial charge in [-0.1, -0.05) is 44.2 Å². The number of aromatic amines is 2. The molecule has 25 heavy (non-hydrogen) atoms. The van der Waals surface area contributed by atoms with E-state index in [-0.39, 0.29) is 27.4 Å². The van der Waals surface area contributed by atoms with Crippen molar-refractivity contribution >= 4 is 23.8 Å². The van der Waals surface area contributed by atoms with Gasteiger partial charge in [-0.15, -0.1) is 0 Å². The van der Waals surface area contributed by atoms with Gasteiger partial charge < -0.3 is 10.3 Å². The van der Waals surface area contributed by atoms with Crippen LogP contribution in [0.15, 0.2) is 46.4 Å². The maximum Gasteiger partial charge on any atom is 0.257 e. The molecule has 1 aromatic heterocycles. The SMILES string of the molecule is CC1(C)CC(=O)C2=C(C1)Nc1[nH]c(=S)[nH]c(=O)c1[C@H]2c1ccccc1. The monoisotopic (exact) mass is 353 g/mol. The highest BCUT2D eigenvalue weighted by molar-refractivity contribution is 7.71. The van der Waals surface area contributed by atoms with Crippen molar-refractivity contribution in [3.63, 3.8) is 0 Å². The van der Waals surface area contributed by atoms with Crippen molar-refractivity contribution < 1.29 is 4.79 Å². The second-order valence-corrected chi connectivity index (χ2v) is 7.91. The van der Waals surface area contributed by atoms with E-state index in [1.54, 1.807) is 0 Å². The van der Waals surface area contributed by atoms with Crippen molar-refractivity contribution in [3.05, 3.63) is 67.9 Å². The summed E-state index contributed by atoms with van der Waals surface area (Å²) in [6.07, 6.45) is 1.23. The van der Waals surface area contributed by atoms with Crippen LogP contribution in [0.5, 0.6) is 0 Å². The quantitative estimate of drug-likeness (QED) is 0.684. The van der Waals surface area contributed by atoms with Crippen molar-refractivity contribution in [3.8, 4) is 0 Å². The lowest BCUT2D eigenvalue weighted by Crippen LogP contribution is -2.36. The summed E-state index contributed by atoms with van der Waals surface area (Å²) in [6.45, 7) is 4.17. The minimum Gasteiger partial charge on any atom is -0.344 e. The van der Waals surface area contributed by atoms with Gasteiger partial charge in [0.05, 0.1) is 5.56 Å². The number of carbonyl (C=O) groups is 1. The number of aromatic nitrogens is 2. The number of carbonyl (C=O) groups excluding carboxylic acids is 1. The Morgan fingerprint density at radius 2 is 1.80 bits per heavy atom. The zero-order valence-corrected chi connectivity index (χ0v) is 14.9. The number of nitrogens with one attached hydrogen (secondary N) is 3. The predicted octanol–water partition coefficient (Wildman–Crippen LogP) is 3.63. The van der Waals surface area contributed by atoms with Gasteiger partial charge in [0.15, 0.2) is 10.6 Å². The van der Waals surface area contributed by atoms with Gasteiger partial charge in [-0.05, 0) is 29.6 Å². The number of Topliss-reactive ketones (excluding diaryl/α,β-unsaturated/α-hetero) is 1. The third-order valence-electron chi connectivity index (χ3n) is 4.89. The Hall–Kier alpha value is -2.47. The van der Waals surface area contributed by atoms with Crippen LogP contribution >= 0.6 is 12.2 Å². The van der Waals surface area contributed by atoms with Gasteiger partial charge in [-0.2, -0.15) is 0 Å². The van der Waals surface area contributed by atoms with Gasteiger partial charge in [0, 0.05) is 23.6 Å². The van der Waals surface area contributed by atoms with Crippen LogP contribution in [0.3, 0.4) is 0 Å². The summed E-state index contributed by atoms with van der Waals surface area (Å²) in [7, 11) is 0. The summed E-state index contributed by atoms with van der Waals surface area (Å²) in [5.41, 5.74) is 2.67. The largest absolute Gasteiger partial charge is 0.344 e. The average Bonchev–Trinajstić information content (AvgIpc) is 2.52. The molecular formula is C19H19N3O2S. The molecule has 1 aromatic carbocycles. The van der Waals surface area contributed by atoms with E-state index in [1.807, 2.05) is 30.3 Å². The Morgan fingerprint density at radius 3 is 2.52 bits per heavy atom. The smallest absolute Gasteiger partial charge is 0.257 e. The molecule has 128 valence electrons. The van der Waals surface area contributed by atoms with Crippen molar-refractivity contribution in [1.82, 2.24) is 9.97 Å². The van der Waals surface area contributed by atoms with Gasteiger partial charge in [0.2, 0.25) is 0 Å². The van der Waals surface area contributed by atoms with Crippen molar-refractivity contribution in [2.75, 3.05) is 5.32 Å². The van der Waals surface area contributed by atoms with Crippen LogP contribution in [0.4, 0.5) is 5.82 Å². The van der Waals surface area contributed by atoms with Crippen molar-refractivity contribution in [2.45, 2.75) is 32.6 Å². The number of benzene rings is 1. The molecule has 6 heteroatoms. The van der Waals surface area contributed by atoms with Crippen LogP contribution in [0, 0.1) is 10.2 Å². The summed E-state index contributed by atoms with van der Waals surface area (Å²) in [5.74, 6) is 0.304. The summed E-state index contributed by atoms with van der Waals surface area (Å²) < 4.78 is 0.272. The second kappa shape index (κ2) is 5.52. The highest BCUT2D eigenvalue weighted by atomic mass is 32.1. The third kappa shape index (κ3) is 2.66. The predicted molar refractivity (Wildman–Crippen MR) is 99.2 cm³/mol. The maximum atomic E-state index is 13.0. The number of hydrogen-bond donors (Lipinski definition) is 3. The molecule has 2 aliphatic rings. The Bertz CT molecular complexity index is 1010. The van der Waals surface area contributed by atoms with Gasteiger partial charge in [-0.3, -0.25) is 14.6 Å². The number of ketones is 1. The highest BCUT2D eigenvalue weighted by Crippen LogP contribution is 2.47. The first-order valence-electron chi connectivity index (χ1n) is 8.30. The Morgan fingerprint density at radius 1 is 1.08 bits per heavy atom. The Kier molecular flexibility index (Phi) is 3.54. The summed E-state index contributed by atoms with van der Waals surface area (Å²) in [5, 5.41) is 3.28. The van der Waals surface area contributed by atoms with E-state index in [1.165, 1.54) is 0 Å². The maximum absolute atomic E-state index is 13.0. The normalized spacial score (nSPS) is 21.4. The van der Waals surface area contributed by atoms with Crippen molar-refractivity contribution in [1.29, 1.82) is 0 Å². The van der Waals surface area contributed by atoms with Gasteiger partial charge in [-0.25, -0.2) is 0 Å². The summed E-state index contributed by atoms with van der Waals surface area (Å²) in [4.78, 5) is 31.3. The molecule has 0 fully saturated rings. The first-order valence-corrected chi connectivity index (χ1v) is 8.71. The van der Waals surface area contributed by atoms with Crippen molar-refractivity contribution in [2.24, 2.45) is 5.41 Å². The standard InChI is InChI=1S/C19H19N3O2S/c1-19(2)8-11-14(12(23)9-19)13(10-6-4-3-5-7-10)15-16(20-11)21-18(25)22-17(15)24/h3-7,13H,8-9H2,1-2H3,(H3,20,21,22,24,25)/t13-/m0/s1. The molecule has 0 saturated carbocycles. The lowest BCUT2D eigenvalue weighted by Gasteiger charge is -2.38. The molecule has 0 unspecified atom stereocenters. The zero-order chi connectivity index (χ0) is 17.8. The summed E-state index contributed by atoms with van der Waals surface area (Å²) >= 11 is 5.12. The minimum absolute atomic E-state index is 0.0973. The lowest BCUT2D eigenvalue weighted by atomic mass is 9.69. The van der Waals surface area contributed by atoms with Crippen LogP contribution in [0.2, 0.25) is 0 Å². The molecule has 0 radical (unpaired) electrons. The van der Waals surface area contributed by atoms with Crippen LogP contribution in [-0.4, -0.2) is 15.8 Å². The molecule has 0 saturated heterocycles. The van der Waals surface area contributed by atoms with Crippen LogP contribution < -0.4 is 10.9 Å². The fraction of sp³-hybridized carbons (Fsp3) is 0.316. The van der Waals surface area contributed by atoms with E-state index in [9.17, 15) is 9.59 Å². The molecular weight excluding hydrogens is 334 g/mol. The molecule has 3 N–H and O–H groups in total. The lowest BCUT2D eigenvalue weighted by molar-refractivity contribution is -0.118. The number of rotatable bonds is 1. The number of fused-ring (bicyclic) bond motifs is 1. The van der Waals surface area contributed by atoms with Gasteiger partial charge >= 0.3 is 0 Å². The van der Waals surface area contributed by atoms with E-state index < -0.39 is 0 Å². The molecule has 4 rings (SSSR count). The van der Waals surface area contributed by atoms with Crippen LogP contribution in [0.1, 0.15) is 43.7 Å². The first-order chi connectivity index (χ1) is 11.9. The number of allylic oxidation sites excluding steroid dienone is 2. The molecule has 1 atom stereocenters. The Balaban J connectivity index is 2.01. The molecule has 1 aliphatic heterocycles. The first kappa shape index (κ1) is 16.0. The Labute approximate surface area is 150 Å². The summed E-state index contributed by atoms with van der Waals surface area (Å²) in [6, 6.07) is 9.69. The van der Waals surface area contributed by atoms with E-state index in [2.05, 4.69) is 29.1 Å². The van der Waals surface area contributed by atoms with E-state index in [0.717, 1.165) is 17.7 Å². The molecule has 0 bridgehead atoms. The highest BCUT2D eigenvalue weighted by Gasteiger charge is 2.41. The third-order valence-corrected chi connectivity index (χ3v) is 5.09. The number of anilines is 1. The van der Waals surface area contributed by atoms with E-state index in [0.29, 0.717) is 23.4 Å². The molecule has 5 nitrogen and oxygen atoms in total. The minimum atomic E-state index is -0.383. The number of hydrogen-bond acceptors (Lipinski definition) is 4. The molecule has 0 spiro atoms. The van der Waals surface area contributed by atoms with E-state index in [4.69, 9.17) is 12.2 Å². The van der Waals surface area contributed by atoms with E-state index >= 15 is 0 Å². The average molecular weight is 353 g/mol. The van der Waals surface area contributed by atoms with Gasteiger partial charge in [0.1, 0.15) is 5.82 Å². The molecule has 1 aliphatic carbocycles. The topological polar surface area (TPSA) is 77.8 Å². The second-order valence-electron chi connectivity index (χ2n) is 7.50. The van der Waals surface area contributed by atoms with Gasteiger partial charge in [0.25, 0.3) is 5.56 Å². The molecule has 2 aromatic rings. The van der Waals surface area contributed by atoms with Crippen LogP contribution in [0.25, 0.3) is 0 Å². The zero-order valence-electron chi connectivity index (χ0n) is 14.1. The number of H-pyrrole nitrogens is 2.